The molecule has 0 amide bonds. The Morgan fingerprint density at radius 1 is 0.769 bits per heavy atom. The van der Waals surface area contributed by atoms with Gasteiger partial charge >= 0.3 is 0 Å². The van der Waals surface area contributed by atoms with E-state index in [1.807, 2.05) is 103 Å². The smallest absolute Gasteiger partial charge is 0.270 e. The minimum Gasteiger partial charge on any atom is -0.377 e. The Bertz CT molecular complexity index is 1010. The highest BCUT2D eigenvalue weighted by atomic mass is 16.1. The Morgan fingerprint density at radius 2 is 1.38 bits per heavy atom. The molecule has 0 saturated carbocycles. The van der Waals surface area contributed by atoms with E-state index < -0.39 is 0 Å². The van der Waals surface area contributed by atoms with E-state index in [1.165, 1.54) is 0 Å². The van der Waals surface area contributed by atoms with E-state index in [4.69, 9.17) is 0 Å². The molecule has 5 nitrogen and oxygen atoms in total. The second kappa shape index (κ2) is 5.95. The molecule has 3 heterocycles. The first-order valence-corrected chi connectivity index (χ1v) is 8.57. The number of hydrogen-bond donors (Lipinski definition) is 0. The van der Waals surface area contributed by atoms with Crippen LogP contribution in [0.4, 0.5) is 11.4 Å². The molecule has 130 valence electrons. The number of rotatable bonds is 3. The first-order chi connectivity index (χ1) is 12.5. The van der Waals surface area contributed by atoms with Gasteiger partial charge in [0.15, 0.2) is 24.2 Å². The number of carbonyl (C=O) groups excluding carboxylic acids is 1. The number of ketones is 1. The van der Waals surface area contributed by atoms with Gasteiger partial charge in [0.2, 0.25) is 11.4 Å². The third-order valence-electron chi connectivity index (χ3n) is 4.80. The first-order valence-electron chi connectivity index (χ1n) is 8.57. The third kappa shape index (κ3) is 2.44. The van der Waals surface area contributed by atoms with Crippen molar-refractivity contribution in [3.8, 4) is 11.4 Å². The van der Waals surface area contributed by atoms with Crippen molar-refractivity contribution in [2.75, 3.05) is 38.0 Å². The molecule has 0 atom stereocenters. The summed E-state index contributed by atoms with van der Waals surface area (Å²) >= 11 is 0. The molecule has 3 aromatic rings. The molecule has 5 heteroatoms. The summed E-state index contributed by atoms with van der Waals surface area (Å²) in [6, 6.07) is 14.1. The molecule has 0 saturated heterocycles. The molecule has 1 aromatic carbocycles. The van der Waals surface area contributed by atoms with Gasteiger partial charge in [-0.3, -0.25) is 4.79 Å². The summed E-state index contributed by atoms with van der Waals surface area (Å²) in [5, 5.41) is 0. The van der Waals surface area contributed by atoms with Crippen molar-refractivity contribution < 1.29 is 13.9 Å². The normalized spacial score (nSPS) is 11.9. The predicted molar refractivity (Wildman–Crippen MR) is 102 cm³/mol. The number of benzene rings is 1. The fourth-order valence-corrected chi connectivity index (χ4v) is 3.33. The van der Waals surface area contributed by atoms with Crippen LogP contribution in [-0.4, -0.2) is 34.0 Å². The summed E-state index contributed by atoms with van der Waals surface area (Å²) < 4.78 is 3.98. The SMILES string of the molecule is CN(C)c1cc[n+](-c2cccc3c2C(=O)c2cc(N(C)C)cc[n+]2-3)cc1. The summed E-state index contributed by atoms with van der Waals surface area (Å²) in [7, 11) is 7.98. The molecule has 0 bridgehead atoms. The van der Waals surface area contributed by atoms with Crippen LogP contribution in [0.2, 0.25) is 0 Å². The van der Waals surface area contributed by atoms with Crippen molar-refractivity contribution in [1.82, 2.24) is 0 Å². The van der Waals surface area contributed by atoms with Gasteiger partial charge in [-0.05, 0) is 6.07 Å². The molecule has 0 fully saturated rings. The van der Waals surface area contributed by atoms with Crippen LogP contribution in [0, 0.1) is 0 Å². The minimum absolute atomic E-state index is 0.0588. The number of pyridine rings is 2. The Balaban J connectivity index is 1.85. The van der Waals surface area contributed by atoms with Crippen molar-refractivity contribution in [2.45, 2.75) is 0 Å². The molecule has 0 radical (unpaired) electrons. The van der Waals surface area contributed by atoms with E-state index in [-0.39, 0.29) is 5.78 Å². The van der Waals surface area contributed by atoms with Crippen LogP contribution >= 0.6 is 0 Å². The van der Waals surface area contributed by atoms with Gasteiger partial charge in [0.25, 0.3) is 11.5 Å². The van der Waals surface area contributed by atoms with Gasteiger partial charge < -0.3 is 9.80 Å². The van der Waals surface area contributed by atoms with Crippen LogP contribution in [-0.2, 0) is 0 Å². The molecule has 2 aromatic heterocycles. The lowest BCUT2D eigenvalue weighted by molar-refractivity contribution is -0.601. The van der Waals surface area contributed by atoms with Crippen molar-refractivity contribution >= 4 is 17.2 Å². The van der Waals surface area contributed by atoms with E-state index in [1.54, 1.807) is 0 Å². The Kier molecular flexibility index (Phi) is 3.72. The summed E-state index contributed by atoms with van der Waals surface area (Å²) in [4.78, 5) is 17.2. The van der Waals surface area contributed by atoms with E-state index in [9.17, 15) is 4.79 Å². The molecule has 0 spiro atoms. The van der Waals surface area contributed by atoms with E-state index in [2.05, 4.69) is 4.90 Å². The van der Waals surface area contributed by atoms with Crippen LogP contribution < -0.4 is 18.9 Å². The highest BCUT2D eigenvalue weighted by molar-refractivity contribution is 6.13. The first kappa shape index (κ1) is 16.3. The third-order valence-corrected chi connectivity index (χ3v) is 4.80. The van der Waals surface area contributed by atoms with Crippen molar-refractivity contribution in [3.05, 3.63) is 72.3 Å². The zero-order chi connectivity index (χ0) is 18.4. The maximum atomic E-state index is 13.2. The molecule has 4 rings (SSSR count). The molecular weight excluding hydrogens is 324 g/mol. The average Bonchev–Trinajstić information content (AvgIpc) is 2.94. The summed E-state index contributed by atoms with van der Waals surface area (Å²) in [6.45, 7) is 0. The van der Waals surface area contributed by atoms with Gasteiger partial charge in [0.05, 0.1) is 0 Å². The van der Waals surface area contributed by atoms with Gasteiger partial charge in [-0.15, -0.1) is 0 Å². The summed E-state index contributed by atoms with van der Waals surface area (Å²) in [6.07, 6.45) is 5.96. The van der Waals surface area contributed by atoms with Gasteiger partial charge in [0, 0.05) is 76.0 Å². The number of nitrogens with zero attached hydrogens (tertiary/aromatic N) is 4. The number of anilines is 2. The summed E-state index contributed by atoms with van der Waals surface area (Å²) in [5.41, 5.74) is 5.40. The Hall–Kier alpha value is -3.21. The average molecular weight is 346 g/mol. The lowest BCUT2D eigenvalue weighted by Gasteiger charge is -2.10. The standard InChI is InChI=1S/C21H22N4O/c1-22(2)15-8-11-24(12-9-15)17-6-5-7-18-20(17)21(26)19-14-16(23(3)4)10-13-25(18)19/h5-14H,1-4H3/q+2. The fourth-order valence-electron chi connectivity index (χ4n) is 3.33. The van der Waals surface area contributed by atoms with Crippen LogP contribution in [0.5, 0.6) is 0 Å². The lowest BCUT2D eigenvalue weighted by Crippen LogP contribution is -2.33. The van der Waals surface area contributed by atoms with Gasteiger partial charge in [-0.2, -0.15) is 9.13 Å². The van der Waals surface area contributed by atoms with E-state index >= 15 is 0 Å². The number of hydrogen-bond acceptors (Lipinski definition) is 3. The van der Waals surface area contributed by atoms with Gasteiger partial charge in [-0.1, -0.05) is 0 Å². The predicted octanol–water partition coefficient (Wildman–Crippen LogP) is 1.92. The topological polar surface area (TPSA) is 31.3 Å². The fraction of sp³-hybridized carbons (Fsp3) is 0.190. The second-order valence-corrected chi connectivity index (χ2v) is 6.89. The van der Waals surface area contributed by atoms with Crippen LogP contribution in [0.25, 0.3) is 11.4 Å². The highest BCUT2D eigenvalue weighted by Gasteiger charge is 2.40. The van der Waals surface area contributed by atoms with Crippen LogP contribution in [0.3, 0.4) is 0 Å². The molecule has 0 N–H and O–H groups in total. The Labute approximate surface area is 153 Å². The largest absolute Gasteiger partial charge is 0.377 e. The van der Waals surface area contributed by atoms with Gasteiger partial charge in [0.1, 0.15) is 0 Å². The molecule has 0 aliphatic carbocycles. The summed E-state index contributed by atoms with van der Waals surface area (Å²) in [5.74, 6) is 0.0588. The molecule has 1 aliphatic heterocycles. The quantitative estimate of drug-likeness (QED) is 0.531. The lowest BCUT2D eigenvalue weighted by atomic mass is 10.1. The van der Waals surface area contributed by atoms with E-state index in [0.717, 1.165) is 28.3 Å². The maximum Gasteiger partial charge on any atom is 0.270 e. The zero-order valence-corrected chi connectivity index (χ0v) is 15.5. The van der Waals surface area contributed by atoms with Crippen molar-refractivity contribution in [1.29, 1.82) is 0 Å². The highest BCUT2D eigenvalue weighted by Crippen LogP contribution is 2.26. The minimum atomic E-state index is 0.0588. The van der Waals surface area contributed by atoms with Gasteiger partial charge in [-0.25, -0.2) is 0 Å². The Morgan fingerprint density at radius 3 is 2.04 bits per heavy atom. The van der Waals surface area contributed by atoms with Crippen molar-refractivity contribution in [3.63, 3.8) is 0 Å². The molecule has 0 unspecified atom stereocenters. The molecule has 1 aliphatic rings. The van der Waals surface area contributed by atoms with Crippen LogP contribution in [0.1, 0.15) is 16.1 Å². The monoisotopic (exact) mass is 346 g/mol. The number of aromatic nitrogens is 2. The maximum absolute atomic E-state index is 13.2. The molecule has 26 heavy (non-hydrogen) atoms. The zero-order valence-electron chi connectivity index (χ0n) is 15.5. The number of carbonyl (C=O) groups is 1. The van der Waals surface area contributed by atoms with Crippen LogP contribution in [0.15, 0.2) is 61.1 Å². The van der Waals surface area contributed by atoms with Crippen molar-refractivity contribution in [2.24, 2.45) is 0 Å². The number of fused-ring (bicyclic) bond motifs is 3. The van der Waals surface area contributed by atoms with E-state index in [0.29, 0.717) is 5.69 Å². The second-order valence-electron chi connectivity index (χ2n) is 6.89. The molecular formula is C21H22N4O+2.